The predicted octanol–water partition coefficient (Wildman–Crippen LogP) is 5.60. The van der Waals surface area contributed by atoms with Gasteiger partial charge in [-0.05, 0) is 92.5 Å². The fraction of sp³-hybridized carbons (Fsp3) is 0.528. The average molecular weight is 700 g/mol. The molecule has 12 heteroatoms. The van der Waals surface area contributed by atoms with Crippen molar-refractivity contribution in [2.75, 3.05) is 13.1 Å². The van der Waals surface area contributed by atoms with E-state index in [0.717, 1.165) is 43.2 Å². The van der Waals surface area contributed by atoms with Crippen molar-refractivity contribution in [3.05, 3.63) is 69.2 Å². The van der Waals surface area contributed by atoms with Crippen LogP contribution in [-0.4, -0.2) is 64.8 Å². The zero-order valence-corrected chi connectivity index (χ0v) is 28.6. The van der Waals surface area contributed by atoms with Gasteiger partial charge in [-0.15, -0.1) is 0 Å². The van der Waals surface area contributed by atoms with E-state index in [1.807, 2.05) is 24.3 Å². The molecule has 4 N–H and O–H groups in total. The first kappa shape index (κ1) is 35.7. The van der Waals surface area contributed by atoms with Crippen LogP contribution in [0.25, 0.3) is 0 Å². The third-order valence-corrected chi connectivity index (χ3v) is 10.6. The molecule has 1 spiro atoms. The van der Waals surface area contributed by atoms with Gasteiger partial charge in [0.25, 0.3) is 5.91 Å². The number of nitrogens with one attached hydrogen (secondary N) is 3. The number of benzene rings is 2. The molecule has 0 aromatic heterocycles. The molecular weight excluding hydrogens is 655 g/mol. The van der Waals surface area contributed by atoms with Gasteiger partial charge in [-0.1, -0.05) is 60.3 Å². The molecule has 2 aromatic carbocycles. The molecule has 3 aliphatic rings. The highest BCUT2D eigenvalue weighted by atomic mass is 35.5. The molecule has 0 bridgehead atoms. The molecule has 2 aromatic rings. The molecule has 1 saturated heterocycles. The number of nitrogens with zero attached hydrogens (tertiary/aromatic N) is 1. The lowest BCUT2D eigenvalue weighted by molar-refractivity contribution is -0.138. The number of piperidine rings is 1. The van der Waals surface area contributed by atoms with Crippen molar-refractivity contribution in [2.24, 2.45) is 5.41 Å². The molecule has 1 heterocycles. The van der Waals surface area contributed by atoms with Crippen LogP contribution in [0.4, 0.5) is 0 Å². The number of amides is 4. The molecule has 48 heavy (non-hydrogen) atoms. The van der Waals surface area contributed by atoms with Crippen molar-refractivity contribution in [3.8, 4) is 0 Å². The Morgan fingerprint density at radius 2 is 1.52 bits per heavy atom. The minimum atomic E-state index is -1.08. The summed E-state index contributed by atoms with van der Waals surface area (Å²) in [6.45, 7) is 1.17. The molecule has 0 radical (unpaired) electrons. The van der Waals surface area contributed by atoms with Crippen molar-refractivity contribution in [1.82, 2.24) is 20.9 Å². The summed E-state index contributed by atoms with van der Waals surface area (Å²) in [5.74, 6) is -2.88. The van der Waals surface area contributed by atoms with Crippen molar-refractivity contribution in [2.45, 2.75) is 102 Å². The summed E-state index contributed by atoms with van der Waals surface area (Å²) in [4.78, 5) is 67.0. The van der Waals surface area contributed by atoms with Crippen LogP contribution in [0.1, 0.15) is 105 Å². The van der Waals surface area contributed by atoms with Crippen LogP contribution in [-0.2, 0) is 25.6 Å². The maximum Gasteiger partial charge on any atom is 0.303 e. The van der Waals surface area contributed by atoms with Crippen molar-refractivity contribution in [1.29, 1.82) is 0 Å². The van der Waals surface area contributed by atoms with E-state index in [1.54, 1.807) is 4.90 Å². The van der Waals surface area contributed by atoms with E-state index in [1.165, 1.54) is 43.9 Å². The van der Waals surface area contributed by atoms with Gasteiger partial charge in [0, 0.05) is 41.5 Å². The zero-order chi connectivity index (χ0) is 34.3. The number of rotatable bonds is 12. The summed E-state index contributed by atoms with van der Waals surface area (Å²) < 4.78 is 0. The quantitative estimate of drug-likeness (QED) is 0.227. The number of carboxylic acids is 1. The van der Waals surface area contributed by atoms with Gasteiger partial charge in [-0.3, -0.25) is 24.0 Å². The highest BCUT2D eigenvalue weighted by Crippen LogP contribution is 2.46. The Balaban J connectivity index is 1.25. The number of fused-ring (bicyclic) bond motifs is 1. The fourth-order valence-electron chi connectivity index (χ4n) is 7.49. The number of hydrogen-bond donors (Lipinski definition) is 4. The largest absolute Gasteiger partial charge is 0.481 e. The Morgan fingerprint density at radius 1 is 0.854 bits per heavy atom. The van der Waals surface area contributed by atoms with E-state index in [4.69, 9.17) is 23.2 Å². The second kappa shape index (κ2) is 16.2. The minimum Gasteiger partial charge on any atom is -0.481 e. The molecule has 258 valence electrons. The van der Waals surface area contributed by atoms with Crippen LogP contribution >= 0.6 is 23.2 Å². The Bertz CT molecular complexity index is 1500. The van der Waals surface area contributed by atoms with E-state index < -0.39 is 35.8 Å². The summed E-state index contributed by atoms with van der Waals surface area (Å²) in [7, 11) is 0. The second-order valence-corrected chi connectivity index (χ2v) is 14.3. The molecule has 4 amide bonds. The third kappa shape index (κ3) is 9.29. The second-order valence-electron chi connectivity index (χ2n) is 13.5. The molecular formula is C36H44Cl2N4O6. The van der Waals surface area contributed by atoms with Gasteiger partial charge in [0.2, 0.25) is 17.7 Å². The average Bonchev–Trinajstić information content (AvgIpc) is 3.52. The molecule has 2 fully saturated rings. The van der Waals surface area contributed by atoms with E-state index in [-0.39, 0.29) is 58.7 Å². The molecule has 3 atom stereocenters. The molecule has 2 aliphatic carbocycles. The van der Waals surface area contributed by atoms with E-state index in [9.17, 15) is 29.1 Å². The topological polar surface area (TPSA) is 145 Å². The lowest BCUT2D eigenvalue weighted by Gasteiger charge is -2.40. The minimum absolute atomic E-state index is 0.0182. The SMILES string of the molecule is O=C(O)CC[C@H](NC(=O)CCC(NC(=O)c1cc(Cl)cc(Cl)c1)C(=O)N1CCC2(CCCC2)CC1)C(=O)NC1CCCc2ccccc21. The van der Waals surface area contributed by atoms with Crippen molar-refractivity contribution < 1.29 is 29.1 Å². The first-order valence-corrected chi connectivity index (χ1v) is 17.7. The number of aryl methyl sites for hydroxylation is 1. The monoisotopic (exact) mass is 698 g/mol. The molecule has 2 unspecified atom stereocenters. The van der Waals surface area contributed by atoms with Gasteiger partial charge in [0.15, 0.2) is 0 Å². The summed E-state index contributed by atoms with van der Waals surface area (Å²) in [5, 5.41) is 18.4. The Kier molecular flexibility index (Phi) is 12.0. The summed E-state index contributed by atoms with van der Waals surface area (Å²) >= 11 is 12.2. The van der Waals surface area contributed by atoms with Gasteiger partial charge in [0.05, 0.1) is 6.04 Å². The number of carbonyl (C=O) groups is 5. The van der Waals surface area contributed by atoms with Crippen LogP contribution in [0.2, 0.25) is 10.0 Å². The standard InChI is InChI=1S/C36H44Cl2N4O6/c37-25-20-24(21-26(38)22-25)33(46)41-30(35(48)42-18-16-36(17-19-42)14-3-4-15-36)10-12-31(43)39-29(11-13-32(44)45)34(47)40-28-9-5-7-23-6-1-2-8-27(23)28/h1-2,6,8,20-22,28-30H,3-5,7,9-19H2,(H,39,43)(H,40,47)(H,41,46)(H,44,45)/t28?,29-,30?/m0/s1. The molecule has 1 saturated carbocycles. The van der Waals surface area contributed by atoms with Crippen LogP contribution in [0.3, 0.4) is 0 Å². The Morgan fingerprint density at radius 3 is 2.21 bits per heavy atom. The fourth-order valence-corrected chi connectivity index (χ4v) is 8.01. The number of aliphatic carboxylic acids is 1. The van der Waals surface area contributed by atoms with Gasteiger partial charge >= 0.3 is 5.97 Å². The number of likely N-dealkylation sites (tertiary alicyclic amines) is 1. The van der Waals surface area contributed by atoms with Crippen LogP contribution in [0.5, 0.6) is 0 Å². The van der Waals surface area contributed by atoms with E-state index >= 15 is 0 Å². The maximum absolute atomic E-state index is 13.8. The van der Waals surface area contributed by atoms with Crippen molar-refractivity contribution >= 4 is 52.8 Å². The van der Waals surface area contributed by atoms with Crippen molar-refractivity contribution in [3.63, 3.8) is 0 Å². The number of halogens is 2. The van der Waals surface area contributed by atoms with Gasteiger partial charge in [-0.25, -0.2) is 0 Å². The lowest BCUT2D eigenvalue weighted by atomic mass is 9.77. The highest BCUT2D eigenvalue weighted by molar-refractivity contribution is 6.35. The maximum atomic E-state index is 13.8. The first-order chi connectivity index (χ1) is 23.0. The zero-order valence-electron chi connectivity index (χ0n) is 27.1. The lowest BCUT2D eigenvalue weighted by Crippen LogP contribution is -2.52. The van der Waals surface area contributed by atoms with Crippen LogP contribution < -0.4 is 16.0 Å². The van der Waals surface area contributed by atoms with Gasteiger partial charge in [0.1, 0.15) is 12.1 Å². The number of hydrogen-bond acceptors (Lipinski definition) is 5. The summed E-state index contributed by atoms with van der Waals surface area (Å²) in [5.41, 5.74) is 2.66. The van der Waals surface area contributed by atoms with E-state index in [2.05, 4.69) is 16.0 Å². The molecule has 5 rings (SSSR count). The van der Waals surface area contributed by atoms with Crippen LogP contribution in [0.15, 0.2) is 42.5 Å². The summed E-state index contributed by atoms with van der Waals surface area (Å²) in [6, 6.07) is 9.97. The van der Waals surface area contributed by atoms with Gasteiger partial charge in [-0.2, -0.15) is 0 Å². The van der Waals surface area contributed by atoms with E-state index in [0.29, 0.717) is 13.1 Å². The normalized spacial score (nSPS) is 19.5. The molecule has 1 aliphatic heterocycles. The summed E-state index contributed by atoms with van der Waals surface area (Å²) in [6.07, 6.45) is 8.56. The van der Waals surface area contributed by atoms with Crippen LogP contribution in [0, 0.1) is 5.41 Å². The smallest absolute Gasteiger partial charge is 0.303 e. The first-order valence-electron chi connectivity index (χ1n) is 17.0. The predicted molar refractivity (Wildman–Crippen MR) is 183 cm³/mol. The van der Waals surface area contributed by atoms with Gasteiger partial charge < -0.3 is 26.0 Å². The molecule has 10 nitrogen and oxygen atoms in total. The number of carboxylic acid groups (broad SMARTS) is 1. The Labute approximate surface area is 291 Å². The third-order valence-electron chi connectivity index (χ3n) is 10.2. The highest BCUT2D eigenvalue weighted by Gasteiger charge is 2.39. The Hall–Kier alpha value is -3.63. The number of carbonyl (C=O) groups excluding carboxylic acids is 4.